The molecule has 2 aliphatic rings. The molecule has 1 unspecified atom stereocenters. The molecule has 3 atom stereocenters. The van der Waals surface area contributed by atoms with E-state index in [0.29, 0.717) is 13.0 Å². The van der Waals surface area contributed by atoms with Crippen molar-refractivity contribution in [2.75, 3.05) is 12.4 Å². The van der Waals surface area contributed by atoms with Gasteiger partial charge in [0.2, 0.25) is 15.9 Å². The SMILES string of the molecule is O=C(NS(=O)(=O)CC1CCCCO1)[C@@H]1C[C@H]1c1cccnc1. The number of ether oxygens (including phenoxy) is 1. The second kappa shape index (κ2) is 6.34. The number of pyridine rings is 1. The van der Waals surface area contributed by atoms with Crippen LogP contribution in [-0.2, 0) is 19.6 Å². The number of carbonyl (C=O) groups is 1. The smallest absolute Gasteiger partial charge is 0.237 e. The molecule has 120 valence electrons. The molecule has 1 aliphatic heterocycles. The minimum Gasteiger partial charge on any atom is -0.377 e. The Morgan fingerprint density at radius 3 is 2.95 bits per heavy atom. The molecule has 1 aromatic heterocycles. The molecule has 1 saturated heterocycles. The number of carbonyl (C=O) groups excluding carboxylic acids is 1. The van der Waals surface area contributed by atoms with E-state index in [0.717, 1.165) is 24.8 Å². The van der Waals surface area contributed by atoms with E-state index < -0.39 is 15.9 Å². The highest BCUT2D eigenvalue weighted by Crippen LogP contribution is 2.47. The van der Waals surface area contributed by atoms with Crippen molar-refractivity contribution in [3.05, 3.63) is 30.1 Å². The third kappa shape index (κ3) is 3.84. The van der Waals surface area contributed by atoms with Crippen LogP contribution in [0.25, 0.3) is 0 Å². The summed E-state index contributed by atoms with van der Waals surface area (Å²) in [5.74, 6) is -0.742. The van der Waals surface area contributed by atoms with Crippen LogP contribution >= 0.6 is 0 Å². The number of aromatic nitrogens is 1. The largest absolute Gasteiger partial charge is 0.377 e. The Labute approximate surface area is 130 Å². The van der Waals surface area contributed by atoms with Crippen LogP contribution in [0.2, 0.25) is 0 Å². The fourth-order valence-corrected chi connectivity index (χ4v) is 4.20. The molecule has 1 N–H and O–H groups in total. The summed E-state index contributed by atoms with van der Waals surface area (Å²) in [5.41, 5.74) is 0.982. The van der Waals surface area contributed by atoms with Crippen LogP contribution in [0.15, 0.2) is 24.5 Å². The molecule has 1 amide bonds. The van der Waals surface area contributed by atoms with E-state index in [-0.39, 0.29) is 23.7 Å². The van der Waals surface area contributed by atoms with Crippen LogP contribution in [-0.4, -0.2) is 37.8 Å². The van der Waals surface area contributed by atoms with Gasteiger partial charge in [-0.3, -0.25) is 14.5 Å². The predicted octanol–water partition coefficient (Wildman–Crippen LogP) is 1.20. The van der Waals surface area contributed by atoms with Crippen LogP contribution in [0.4, 0.5) is 0 Å². The van der Waals surface area contributed by atoms with Gasteiger partial charge in [-0.05, 0) is 43.2 Å². The lowest BCUT2D eigenvalue weighted by Gasteiger charge is -2.22. The number of nitrogens with one attached hydrogen (secondary N) is 1. The zero-order valence-corrected chi connectivity index (χ0v) is 13.1. The second-order valence-electron chi connectivity index (χ2n) is 5.97. The van der Waals surface area contributed by atoms with Crippen LogP contribution < -0.4 is 4.72 Å². The highest BCUT2D eigenvalue weighted by molar-refractivity contribution is 7.90. The quantitative estimate of drug-likeness (QED) is 0.879. The second-order valence-corrected chi connectivity index (χ2v) is 7.74. The lowest BCUT2D eigenvalue weighted by Crippen LogP contribution is -2.39. The molecule has 1 aliphatic carbocycles. The molecule has 2 fully saturated rings. The van der Waals surface area contributed by atoms with Crippen molar-refractivity contribution in [3.63, 3.8) is 0 Å². The summed E-state index contributed by atoms with van der Waals surface area (Å²) in [4.78, 5) is 16.1. The van der Waals surface area contributed by atoms with E-state index >= 15 is 0 Å². The highest BCUT2D eigenvalue weighted by atomic mass is 32.2. The summed E-state index contributed by atoms with van der Waals surface area (Å²) < 4.78 is 31.7. The van der Waals surface area contributed by atoms with E-state index in [4.69, 9.17) is 4.74 Å². The van der Waals surface area contributed by atoms with Gasteiger partial charge in [0.05, 0.1) is 11.9 Å². The molecule has 22 heavy (non-hydrogen) atoms. The Morgan fingerprint density at radius 2 is 2.27 bits per heavy atom. The average molecular weight is 324 g/mol. The Morgan fingerprint density at radius 1 is 1.41 bits per heavy atom. The number of amides is 1. The van der Waals surface area contributed by atoms with Crippen molar-refractivity contribution < 1.29 is 17.9 Å². The number of hydrogen-bond donors (Lipinski definition) is 1. The van der Waals surface area contributed by atoms with E-state index in [1.54, 1.807) is 12.4 Å². The summed E-state index contributed by atoms with van der Waals surface area (Å²) in [6.45, 7) is 0.597. The van der Waals surface area contributed by atoms with Gasteiger partial charge in [-0.2, -0.15) is 0 Å². The van der Waals surface area contributed by atoms with Gasteiger partial charge in [0, 0.05) is 24.9 Å². The molecular weight excluding hydrogens is 304 g/mol. The van der Waals surface area contributed by atoms with E-state index in [1.165, 1.54) is 0 Å². The molecule has 1 saturated carbocycles. The van der Waals surface area contributed by atoms with Gasteiger partial charge in [-0.15, -0.1) is 0 Å². The topological polar surface area (TPSA) is 85.4 Å². The third-order valence-electron chi connectivity index (χ3n) is 4.18. The number of hydrogen-bond acceptors (Lipinski definition) is 5. The Bertz CT molecular complexity index is 626. The maximum Gasteiger partial charge on any atom is 0.237 e. The first kappa shape index (κ1) is 15.4. The van der Waals surface area contributed by atoms with Crippen molar-refractivity contribution in [3.8, 4) is 0 Å². The van der Waals surface area contributed by atoms with Gasteiger partial charge in [-0.25, -0.2) is 8.42 Å². The Hall–Kier alpha value is -1.47. The maximum absolute atomic E-state index is 12.1. The van der Waals surface area contributed by atoms with Crippen LogP contribution in [0.5, 0.6) is 0 Å². The number of nitrogens with zero attached hydrogens (tertiary/aromatic N) is 1. The lowest BCUT2D eigenvalue weighted by molar-refractivity contribution is -0.120. The van der Waals surface area contributed by atoms with Crippen molar-refractivity contribution in [2.45, 2.75) is 37.7 Å². The van der Waals surface area contributed by atoms with Crippen molar-refractivity contribution in [2.24, 2.45) is 5.92 Å². The minimum absolute atomic E-state index is 0.0785. The van der Waals surface area contributed by atoms with Crippen LogP contribution in [0, 0.1) is 5.92 Å². The van der Waals surface area contributed by atoms with Crippen LogP contribution in [0.3, 0.4) is 0 Å². The highest BCUT2D eigenvalue weighted by Gasteiger charge is 2.45. The van der Waals surface area contributed by atoms with E-state index in [1.807, 2.05) is 12.1 Å². The minimum atomic E-state index is -3.63. The Balaban J connectivity index is 1.53. The van der Waals surface area contributed by atoms with E-state index in [2.05, 4.69) is 9.71 Å². The summed E-state index contributed by atoms with van der Waals surface area (Å²) in [7, 11) is -3.63. The molecule has 0 aromatic carbocycles. The van der Waals surface area contributed by atoms with Crippen molar-refractivity contribution in [1.29, 1.82) is 0 Å². The molecule has 0 radical (unpaired) electrons. The van der Waals surface area contributed by atoms with Crippen molar-refractivity contribution in [1.82, 2.24) is 9.71 Å². The zero-order valence-electron chi connectivity index (χ0n) is 12.3. The molecular formula is C15H20N2O4S. The van der Waals surface area contributed by atoms with E-state index in [9.17, 15) is 13.2 Å². The molecule has 7 heteroatoms. The fourth-order valence-electron chi connectivity index (χ4n) is 2.90. The molecule has 3 rings (SSSR count). The first-order valence-electron chi connectivity index (χ1n) is 7.61. The van der Waals surface area contributed by atoms with Gasteiger partial charge >= 0.3 is 0 Å². The summed E-state index contributed by atoms with van der Waals surface area (Å²) in [6, 6.07) is 3.73. The summed E-state index contributed by atoms with van der Waals surface area (Å²) in [6.07, 6.45) is 6.45. The standard InChI is InChI=1S/C15H20N2O4S/c18-15(14-8-13(14)11-4-3-6-16-9-11)17-22(19,20)10-12-5-1-2-7-21-12/h3-4,6,9,12-14H,1-2,5,7-8,10H2,(H,17,18)/t12?,13-,14+/m0/s1. The maximum atomic E-state index is 12.1. The Kier molecular flexibility index (Phi) is 4.44. The first-order valence-corrected chi connectivity index (χ1v) is 9.26. The van der Waals surface area contributed by atoms with Gasteiger partial charge in [0.25, 0.3) is 0 Å². The van der Waals surface area contributed by atoms with Crippen LogP contribution in [0.1, 0.15) is 37.2 Å². The molecule has 6 nitrogen and oxygen atoms in total. The number of sulfonamides is 1. The normalized spacial score (nSPS) is 28.1. The average Bonchev–Trinajstić information content (AvgIpc) is 3.29. The number of rotatable bonds is 5. The van der Waals surface area contributed by atoms with Gasteiger partial charge < -0.3 is 4.74 Å². The fraction of sp³-hybridized carbons (Fsp3) is 0.600. The lowest BCUT2D eigenvalue weighted by atomic mass is 10.1. The summed E-state index contributed by atoms with van der Waals surface area (Å²) in [5, 5.41) is 0. The molecule has 2 heterocycles. The summed E-state index contributed by atoms with van der Waals surface area (Å²) >= 11 is 0. The molecule has 1 aromatic rings. The molecule has 0 spiro atoms. The molecule has 0 bridgehead atoms. The van der Waals surface area contributed by atoms with Gasteiger partial charge in [0.15, 0.2) is 0 Å². The van der Waals surface area contributed by atoms with Crippen molar-refractivity contribution >= 4 is 15.9 Å². The first-order chi connectivity index (χ1) is 10.6. The van der Waals surface area contributed by atoms with Gasteiger partial charge in [0.1, 0.15) is 0 Å². The third-order valence-corrected chi connectivity index (χ3v) is 5.50. The monoisotopic (exact) mass is 324 g/mol. The predicted molar refractivity (Wildman–Crippen MR) is 80.6 cm³/mol. The zero-order chi connectivity index (χ0) is 15.6. The van der Waals surface area contributed by atoms with Gasteiger partial charge in [-0.1, -0.05) is 6.07 Å².